The lowest BCUT2D eigenvalue weighted by atomic mass is 10.0. The van der Waals surface area contributed by atoms with Crippen LogP contribution in [0.4, 0.5) is 11.8 Å². The average Bonchev–Trinajstić information content (AvgIpc) is 2.59. The van der Waals surface area contributed by atoms with E-state index in [1.54, 1.807) is 12.1 Å². The molecule has 0 fully saturated rings. The Morgan fingerprint density at radius 3 is 2.28 bits per heavy atom. The van der Waals surface area contributed by atoms with E-state index in [-0.39, 0.29) is 39.5 Å². The van der Waals surface area contributed by atoms with Crippen molar-refractivity contribution in [2.75, 3.05) is 17.7 Å². The molecule has 3 rings (SSSR count). The second kappa shape index (κ2) is 9.47. The maximum absolute atomic E-state index is 10.5. The van der Waals surface area contributed by atoms with E-state index in [4.69, 9.17) is 5.73 Å². The first-order chi connectivity index (χ1) is 11.2. The van der Waals surface area contributed by atoms with Crippen molar-refractivity contribution in [2.24, 2.45) is 0 Å². The Kier molecular flexibility index (Phi) is 7.98. The molecule has 0 radical (unpaired) electrons. The second-order valence-corrected chi connectivity index (χ2v) is 5.24. The van der Waals surface area contributed by atoms with Gasteiger partial charge in [0.25, 0.3) is 0 Å². The summed E-state index contributed by atoms with van der Waals surface area (Å²) < 4.78 is 0. The van der Waals surface area contributed by atoms with Gasteiger partial charge in [-0.25, -0.2) is 4.98 Å². The van der Waals surface area contributed by atoms with Gasteiger partial charge in [-0.3, -0.25) is 0 Å². The van der Waals surface area contributed by atoms with Crippen LogP contribution in [-0.2, 0) is 0 Å². The summed E-state index contributed by atoms with van der Waals surface area (Å²) in [6, 6.07) is 16.0. The standard InChI is InChI=1S/C17H18N4O2.2H2S/c18-17-20-13-9-5-4-8-12(13)16(21-17)19-14(10-22)15(23)11-6-2-1-3-7-11;;/h1-9,14-15,22-23H,10H2,(H3,18,19,20,21);2*1H2/t14-,15-;;/m0../s1. The molecule has 6 nitrogen and oxygen atoms in total. The molecule has 0 aliphatic rings. The number of nitrogens with two attached hydrogens (primary N) is 1. The molecule has 2 aromatic carbocycles. The molecule has 2 atom stereocenters. The number of nitrogens with one attached hydrogen (secondary N) is 1. The number of aliphatic hydroxyl groups is 2. The van der Waals surface area contributed by atoms with Crippen molar-refractivity contribution in [2.45, 2.75) is 12.1 Å². The molecule has 0 amide bonds. The summed E-state index contributed by atoms with van der Waals surface area (Å²) in [7, 11) is 0. The molecule has 0 spiro atoms. The monoisotopic (exact) mass is 378 g/mol. The van der Waals surface area contributed by atoms with Crippen LogP contribution in [0.5, 0.6) is 0 Å². The van der Waals surface area contributed by atoms with Gasteiger partial charge < -0.3 is 21.3 Å². The predicted molar refractivity (Wildman–Crippen MR) is 111 cm³/mol. The van der Waals surface area contributed by atoms with Crippen molar-refractivity contribution in [1.82, 2.24) is 9.97 Å². The highest BCUT2D eigenvalue weighted by molar-refractivity contribution is 7.59. The number of aromatic nitrogens is 2. The number of benzene rings is 2. The van der Waals surface area contributed by atoms with Gasteiger partial charge in [0.2, 0.25) is 5.95 Å². The molecule has 25 heavy (non-hydrogen) atoms. The molecule has 1 aromatic heterocycles. The highest BCUT2D eigenvalue weighted by Gasteiger charge is 2.21. The first kappa shape index (κ1) is 21.0. The molecular formula is C17H22N4O2S2. The normalized spacial score (nSPS) is 12.6. The fraction of sp³-hybridized carbons (Fsp3) is 0.176. The van der Waals surface area contributed by atoms with E-state index in [2.05, 4.69) is 15.3 Å². The van der Waals surface area contributed by atoms with Crippen molar-refractivity contribution >= 4 is 49.7 Å². The Hall–Kier alpha value is -2.00. The lowest BCUT2D eigenvalue weighted by Gasteiger charge is -2.23. The molecule has 134 valence electrons. The summed E-state index contributed by atoms with van der Waals surface area (Å²) in [6.45, 7) is -0.256. The molecule has 1 heterocycles. The number of hydrogen-bond donors (Lipinski definition) is 4. The van der Waals surface area contributed by atoms with Gasteiger partial charge in [-0.1, -0.05) is 42.5 Å². The summed E-state index contributed by atoms with van der Waals surface area (Å²) in [5.41, 5.74) is 7.16. The van der Waals surface area contributed by atoms with E-state index in [0.717, 1.165) is 5.39 Å². The molecule has 0 bridgehead atoms. The summed E-state index contributed by atoms with van der Waals surface area (Å²) >= 11 is 0. The van der Waals surface area contributed by atoms with E-state index < -0.39 is 12.1 Å². The Morgan fingerprint density at radius 1 is 0.960 bits per heavy atom. The quantitative estimate of drug-likeness (QED) is 0.541. The van der Waals surface area contributed by atoms with Gasteiger partial charge in [-0.05, 0) is 17.7 Å². The number of nitrogens with zero attached hydrogens (tertiary/aromatic N) is 2. The minimum Gasteiger partial charge on any atom is -0.394 e. The molecule has 0 aliphatic heterocycles. The van der Waals surface area contributed by atoms with Crippen LogP contribution in [0.3, 0.4) is 0 Å². The van der Waals surface area contributed by atoms with E-state index in [1.165, 1.54) is 0 Å². The van der Waals surface area contributed by atoms with Crippen LogP contribution < -0.4 is 11.1 Å². The fourth-order valence-electron chi connectivity index (χ4n) is 2.49. The number of rotatable bonds is 5. The van der Waals surface area contributed by atoms with Crippen LogP contribution in [0.15, 0.2) is 54.6 Å². The summed E-state index contributed by atoms with van der Waals surface area (Å²) in [5.74, 6) is 0.624. The van der Waals surface area contributed by atoms with Crippen molar-refractivity contribution in [3.63, 3.8) is 0 Å². The van der Waals surface area contributed by atoms with Crippen LogP contribution in [-0.4, -0.2) is 32.8 Å². The molecule has 0 saturated heterocycles. The number of hydrogen-bond acceptors (Lipinski definition) is 6. The van der Waals surface area contributed by atoms with Gasteiger partial charge >= 0.3 is 0 Å². The molecule has 3 aromatic rings. The number of aliphatic hydroxyl groups excluding tert-OH is 2. The zero-order chi connectivity index (χ0) is 16.2. The van der Waals surface area contributed by atoms with E-state index in [9.17, 15) is 10.2 Å². The van der Waals surface area contributed by atoms with Crippen molar-refractivity contribution in [1.29, 1.82) is 0 Å². The first-order valence-electron chi connectivity index (χ1n) is 7.31. The van der Waals surface area contributed by atoms with Gasteiger partial charge in [-0.15, -0.1) is 0 Å². The summed E-state index contributed by atoms with van der Waals surface area (Å²) in [6.07, 6.45) is -0.879. The first-order valence-corrected chi connectivity index (χ1v) is 7.31. The van der Waals surface area contributed by atoms with E-state index in [0.29, 0.717) is 16.9 Å². The number of fused-ring (bicyclic) bond motifs is 1. The van der Waals surface area contributed by atoms with E-state index in [1.807, 2.05) is 42.5 Å². The van der Waals surface area contributed by atoms with Crippen LogP contribution >= 0.6 is 27.0 Å². The van der Waals surface area contributed by atoms with Crippen LogP contribution in [0.1, 0.15) is 11.7 Å². The minimum absolute atomic E-state index is 0. The zero-order valence-corrected chi connectivity index (χ0v) is 15.4. The van der Waals surface area contributed by atoms with Gasteiger partial charge in [0.15, 0.2) is 0 Å². The number of para-hydroxylation sites is 1. The highest BCUT2D eigenvalue weighted by Crippen LogP contribution is 2.25. The van der Waals surface area contributed by atoms with Crippen LogP contribution in [0.25, 0.3) is 10.9 Å². The zero-order valence-electron chi connectivity index (χ0n) is 13.4. The Balaban J connectivity index is 0.00000156. The Labute approximate surface area is 160 Å². The summed E-state index contributed by atoms with van der Waals surface area (Å²) in [4.78, 5) is 8.37. The second-order valence-electron chi connectivity index (χ2n) is 5.24. The SMILES string of the molecule is Nc1nc(N[C@@H](CO)[C@@H](O)c2ccccc2)c2ccccc2n1.S.S. The largest absolute Gasteiger partial charge is 0.394 e. The van der Waals surface area contributed by atoms with Crippen molar-refractivity contribution in [3.05, 3.63) is 60.2 Å². The number of nitrogen functional groups attached to an aromatic ring is 1. The molecule has 0 unspecified atom stereocenters. The fourth-order valence-corrected chi connectivity index (χ4v) is 2.49. The maximum atomic E-state index is 10.5. The van der Waals surface area contributed by atoms with E-state index >= 15 is 0 Å². The van der Waals surface area contributed by atoms with Gasteiger partial charge in [0.05, 0.1) is 18.2 Å². The lowest BCUT2D eigenvalue weighted by molar-refractivity contribution is 0.118. The Morgan fingerprint density at radius 2 is 1.60 bits per heavy atom. The molecule has 0 aliphatic carbocycles. The number of anilines is 2. The summed E-state index contributed by atoms with van der Waals surface area (Å²) in [5, 5.41) is 24.0. The third kappa shape index (κ3) is 4.76. The highest BCUT2D eigenvalue weighted by atomic mass is 32.1. The van der Waals surface area contributed by atoms with Crippen molar-refractivity contribution < 1.29 is 10.2 Å². The smallest absolute Gasteiger partial charge is 0.222 e. The predicted octanol–water partition coefficient (Wildman–Crippen LogP) is 1.94. The molecule has 0 saturated carbocycles. The minimum atomic E-state index is -0.879. The van der Waals surface area contributed by atoms with Crippen LogP contribution in [0.2, 0.25) is 0 Å². The van der Waals surface area contributed by atoms with Gasteiger partial charge in [-0.2, -0.15) is 32.0 Å². The topological polar surface area (TPSA) is 104 Å². The van der Waals surface area contributed by atoms with Crippen molar-refractivity contribution in [3.8, 4) is 0 Å². The average molecular weight is 379 g/mol. The third-order valence-electron chi connectivity index (χ3n) is 3.66. The molecule has 5 N–H and O–H groups in total. The third-order valence-corrected chi connectivity index (χ3v) is 3.66. The Bertz CT molecular complexity index is 805. The van der Waals surface area contributed by atoms with Crippen LogP contribution in [0, 0.1) is 0 Å². The lowest BCUT2D eigenvalue weighted by Crippen LogP contribution is -2.31. The van der Waals surface area contributed by atoms with Gasteiger partial charge in [0, 0.05) is 5.39 Å². The van der Waals surface area contributed by atoms with Gasteiger partial charge in [0.1, 0.15) is 11.9 Å². The maximum Gasteiger partial charge on any atom is 0.222 e. The molecule has 8 heteroatoms. The molecular weight excluding hydrogens is 356 g/mol.